The van der Waals surface area contributed by atoms with Crippen LogP contribution < -0.4 is 11.1 Å². The summed E-state index contributed by atoms with van der Waals surface area (Å²) in [5.74, 6) is 1.16. The Bertz CT molecular complexity index is 192. The number of hydrogen-bond donors (Lipinski definition) is 2. The molecule has 2 atom stereocenters. The highest BCUT2D eigenvalue weighted by molar-refractivity contribution is 5.76. The van der Waals surface area contributed by atoms with E-state index >= 15 is 0 Å². The highest BCUT2D eigenvalue weighted by Gasteiger charge is 2.10. The van der Waals surface area contributed by atoms with Crippen molar-refractivity contribution in [1.29, 1.82) is 0 Å². The summed E-state index contributed by atoms with van der Waals surface area (Å²) < 4.78 is 0. The first-order valence-electron chi connectivity index (χ1n) is 6.45. The predicted octanol–water partition coefficient (Wildman–Crippen LogP) is 2.30. The Labute approximate surface area is 100 Å². The molecule has 0 saturated heterocycles. The Morgan fingerprint density at radius 1 is 1.19 bits per heavy atom. The molecule has 0 aliphatic rings. The molecular weight excluding hydrogens is 200 g/mol. The van der Waals surface area contributed by atoms with Crippen molar-refractivity contribution < 1.29 is 4.79 Å². The van der Waals surface area contributed by atoms with Crippen LogP contribution in [0.5, 0.6) is 0 Å². The predicted molar refractivity (Wildman–Crippen MR) is 69.1 cm³/mol. The summed E-state index contributed by atoms with van der Waals surface area (Å²) in [4.78, 5) is 11.6. The van der Waals surface area contributed by atoms with E-state index in [1.54, 1.807) is 0 Å². The zero-order valence-corrected chi connectivity index (χ0v) is 11.3. The molecule has 1 amide bonds. The SMILES string of the molecule is CC(C)CCCC(C)NC(=O)CC(C)CN. The van der Waals surface area contributed by atoms with E-state index in [0.717, 1.165) is 12.3 Å². The van der Waals surface area contributed by atoms with Crippen LogP contribution in [0.4, 0.5) is 0 Å². The highest BCUT2D eigenvalue weighted by Crippen LogP contribution is 2.08. The molecule has 0 aliphatic carbocycles. The number of carbonyl (C=O) groups excluding carboxylic acids is 1. The Hall–Kier alpha value is -0.570. The zero-order valence-electron chi connectivity index (χ0n) is 11.3. The van der Waals surface area contributed by atoms with Crippen LogP contribution in [0.25, 0.3) is 0 Å². The van der Waals surface area contributed by atoms with Crippen molar-refractivity contribution in [2.45, 2.75) is 59.4 Å². The molecule has 0 aromatic carbocycles. The minimum absolute atomic E-state index is 0.134. The molecule has 0 saturated carbocycles. The summed E-state index contributed by atoms with van der Waals surface area (Å²) in [5.41, 5.74) is 5.48. The summed E-state index contributed by atoms with van der Waals surface area (Å²) >= 11 is 0. The standard InChI is InChI=1S/C13H28N2O/c1-10(2)6-5-7-12(4)15-13(16)8-11(3)9-14/h10-12H,5-9,14H2,1-4H3,(H,15,16). The van der Waals surface area contributed by atoms with Gasteiger partial charge in [0.05, 0.1) is 0 Å². The molecular formula is C13H28N2O. The average molecular weight is 228 g/mol. The molecule has 0 radical (unpaired) electrons. The number of rotatable bonds is 8. The largest absolute Gasteiger partial charge is 0.354 e. The van der Waals surface area contributed by atoms with Gasteiger partial charge < -0.3 is 11.1 Å². The number of hydrogen-bond acceptors (Lipinski definition) is 2. The van der Waals surface area contributed by atoms with Crippen molar-refractivity contribution in [1.82, 2.24) is 5.32 Å². The molecule has 0 bridgehead atoms. The van der Waals surface area contributed by atoms with Gasteiger partial charge in [0.2, 0.25) is 5.91 Å². The first-order valence-corrected chi connectivity index (χ1v) is 6.45. The van der Waals surface area contributed by atoms with E-state index < -0.39 is 0 Å². The maximum atomic E-state index is 11.6. The molecule has 96 valence electrons. The summed E-state index contributed by atoms with van der Waals surface area (Å²) in [5, 5.41) is 3.02. The molecule has 3 N–H and O–H groups in total. The summed E-state index contributed by atoms with van der Waals surface area (Å²) in [6.07, 6.45) is 4.04. The fourth-order valence-electron chi connectivity index (χ4n) is 1.64. The van der Waals surface area contributed by atoms with Crippen molar-refractivity contribution in [3.05, 3.63) is 0 Å². The van der Waals surface area contributed by atoms with Crippen LogP contribution in [0.2, 0.25) is 0 Å². The third kappa shape index (κ3) is 8.72. The Balaban J connectivity index is 3.62. The normalized spacial score (nSPS) is 14.9. The van der Waals surface area contributed by atoms with Crippen LogP contribution in [0.1, 0.15) is 53.4 Å². The van der Waals surface area contributed by atoms with Gasteiger partial charge in [0.15, 0.2) is 0 Å². The van der Waals surface area contributed by atoms with Gasteiger partial charge >= 0.3 is 0 Å². The minimum atomic E-state index is 0.134. The van der Waals surface area contributed by atoms with E-state index in [0.29, 0.717) is 13.0 Å². The molecule has 3 nitrogen and oxygen atoms in total. The molecule has 0 heterocycles. The summed E-state index contributed by atoms with van der Waals surface area (Å²) in [7, 11) is 0. The maximum Gasteiger partial charge on any atom is 0.220 e. The Morgan fingerprint density at radius 2 is 1.81 bits per heavy atom. The van der Waals surface area contributed by atoms with E-state index in [-0.39, 0.29) is 17.9 Å². The minimum Gasteiger partial charge on any atom is -0.354 e. The van der Waals surface area contributed by atoms with Gasteiger partial charge in [0, 0.05) is 12.5 Å². The zero-order chi connectivity index (χ0) is 12.6. The van der Waals surface area contributed by atoms with Crippen LogP contribution in [0.3, 0.4) is 0 Å². The quantitative estimate of drug-likeness (QED) is 0.670. The molecule has 2 unspecified atom stereocenters. The van der Waals surface area contributed by atoms with Crippen LogP contribution in [-0.2, 0) is 4.79 Å². The average Bonchev–Trinajstić information content (AvgIpc) is 2.16. The van der Waals surface area contributed by atoms with E-state index in [1.807, 2.05) is 6.92 Å². The van der Waals surface area contributed by atoms with Crippen molar-refractivity contribution >= 4 is 5.91 Å². The third-order valence-corrected chi connectivity index (χ3v) is 2.76. The second-order valence-electron chi connectivity index (χ2n) is 5.34. The fraction of sp³-hybridized carbons (Fsp3) is 0.923. The monoisotopic (exact) mass is 228 g/mol. The van der Waals surface area contributed by atoms with E-state index in [2.05, 4.69) is 26.1 Å². The lowest BCUT2D eigenvalue weighted by Gasteiger charge is -2.16. The topological polar surface area (TPSA) is 55.1 Å². The third-order valence-electron chi connectivity index (χ3n) is 2.76. The van der Waals surface area contributed by atoms with Gasteiger partial charge in [0.1, 0.15) is 0 Å². The highest BCUT2D eigenvalue weighted by atomic mass is 16.1. The van der Waals surface area contributed by atoms with Crippen LogP contribution in [0, 0.1) is 11.8 Å². The van der Waals surface area contributed by atoms with E-state index in [9.17, 15) is 4.79 Å². The van der Waals surface area contributed by atoms with Crippen LogP contribution in [-0.4, -0.2) is 18.5 Å². The van der Waals surface area contributed by atoms with E-state index in [4.69, 9.17) is 5.73 Å². The van der Waals surface area contributed by atoms with Crippen LogP contribution >= 0.6 is 0 Å². The van der Waals surface area contributed by atoms with Crippen molar-refractivity contribution in [2.75, 3.05) is 6.54 Å². The molecule has 0 fully saturated rings. The van der Waals surface area contributed by atoms with Crippen LogP contribution in [0.15, 0.2) is 0 Å². The number of amides is 1. The lowest BCUT2D eigenvalue weighted by molar-refractivity contribution is -0.122. The lowest BCUT2D eigenvalue weighted by Crippen LogP contribution is -2.34. The molecule has 16 heavy (non-hydrogen) atoms. The van der Waals surface area contributed by atoms with Gasteiger partial charge in [-0.15, -0.1) is 0 Å². The molecule has 0 aliphatic heterocycles. The van der Waals surface area contributed by atoms with Crippen molar-refractivity contribution in [2.24, 2.45) is 17.6 Å². The second-order valence-corrected chi connectivity index (χ2v) is 5.34. The molecule has 0 aromatic heterocycles. The molecule has 0 rings (SSSR count). The molecule has 0 spiro atoms. The second kappa shape index (κ2) is 8.57. The lowest BCUT2D eigenvalue weighted by atomic mass is 10.0. The van der Waals surface area contributed by atoms with Crippen molar-refractivity contribution in [3.63, 3.8) is 0 Å². The maximum absolute atomic E-state index is 11.6. The number of nitrogens with two attached hydrogens (primary N) is 1. The Kier molecular flexibility index (Phi) is 8.26. The van der Waals surface area contributed by atoms with Gasteiger partial charge in [-0.3, -0.25) is 4.79 Å². The molecule has 3 heteroatoms. The van der Waals surface area contributed by atoms with Gasteiger partial charge in [-0.25, -0.2) is 0 Å². The first kappa shape index (κ1) is 15.4. The Morgan fingerprint density at radius 3 is 2.31 bits per heavy atom. The number of nitrogens with one attached hydrogen (secondary N) is 1. The van der Waals surface area contributed by atoms with Gasteiger partial charge in [0.25, 0.3) is 0 Å². The van der Waals surface area contributed by atoms with Crippen molar-refractivity contribution in [3.8, 4) is 0 Å². The fourth-order valence-corrected chi connectivity index (χ4v) is 1.64. The molecule has 0 aromatic rings. The van der Waals surface area contributed by atoms with Gasteiger partial charge in [-0.05, 0) is 31.7 Å². The smallest absolute Gasteiger partial charge is 0.220 e. The van der Waals surface area contributed by atoms with Gasteiger partial charge in [-0.2, -0.15) is 0 Å². The van der Waals surface area contributed by atoms with E-state index in [1.165, 1.54) is 12.8 Å². The first-order chi connectivity index (χ1) is 7.45. The summed E-state index contributed by atoms with van der Waals surface area (Å²) in [6, 6.07) is 0.288. The van der Waals surface area contributed by atoms with Gasteiger partial charge in [-0.1, -0.05) is 33.6 Å². The summed E-state index contributed by atoms with van der Waals surface area (Å²) in [6.45, 7) is 9.11. The number of carbonyl (C=O) groups is 1.